The predicted molar refractivity (Wildman–Crippen MR) is 120 cm³/mol. The Morgan fingerprint density at radius 2 is 1.94 bits per heavy atom. The first-order valence-corrected chi connectivity index (χ1v) is 9.81. The third-order valence-electron chi connectivity index (χ3n) is 4.47. The molecule has 0 spiro atoms. The molecular formula is C24H29FN2O4. The highest BCUT2D eigenvalue weighted by atomic mass is 19.1. The van der Waals surface area contributed by atoms with Crippen LogP contribution >= 0.6 is 0 Å². The molecule has 0 aliphatic rings. The maximum absolute atomic E-state index is 12.6. The van der Waals surface area contributed by atoms with E-state index in [2.05, 4.69) is 5.32 Å². The quantitative estimate of drug-likeness (QED) is 0.403. The summed E-state index contributed by atoms with van der Waals surface area (Å²) in [5.41, 5.74) is 7.95. The molecule has 31 heavy (non-hydrogen) atoms. The number of rotatable bonds is 9. The number of hydrogen-bond acceptors (Lipinski definition) is 5. The molecule has 0 fully saturated rings. The van der Waals surface area contributed by atoms with Crippen LogP contribution in [0.5, 0.6) is 5.75 Å². The summed E-state index contributed by atoms with van der Waals surface area (Å²) in [7, 11) is 1.87. The van der Waals surface area contributed by atoms with Crippen LogP contribution in [0.3, 0.4) is 0 Å². The number of carboxylic acid groups (broad SMARTS) is 1. The van der Waals surface area contributed by atoms with E-state index in [1.807, 2.05) is 39.1 Å². The largest absolute Gasteiger partial charge is 0.489 e. The van der Waals surface area contributed by atoms with Gasteiger partial charge in [-0.2, -0.15) is 0 Å². The van der Waals surface area contributed by atoms with Crippen LogP contribution in [0.15, 0.2) is 66.6 Å². The summed E-state index contributed by atoms with van der Waals surface area (Å²) in [4.78, 5) is 21.4. The molecule has 6 nitrogen and oxygen atoms in total. The fourth-order valence-corrected chi connectivity index (χ4v) is 2.48. The molecule has 0 radical (unpaired) electrons. The van der Waals surface area contributed by atoms with E-state index in [0.717, 1.165) is 30.0 Å². The average Bonchev–Trinajstić information content (AvgIpc) is 2.81. The predicted octanol–water partition coefficient (Wildman–Crippen LogP) is 4.43. The summed E-state index contributed by atoms with van der Waals surface area (Å²) in [6.07, 6.45) is 5.16. The minimum absolute atomic E-state index is 0.174. The van der Waals surface area contributed by atoms with Gasteiger partial charge in [0.05, 0.1) is 11.1 Å². The number of carbonyl (C=O) groups is 2. The topological polar surface area (TPSA) is 102 Å². The molecule has 0 heterocycles. The van der Waals surface area contributed by atoms with Gasteiger partial charge in [-0.3, -0.25) is 4.79 Å². The molecule has 2 aromatic rings. The fraction of sp³-hybridized carbons (Fsp3) is 0.250. The Morgan fingerprint density at radius 3 is 2.45 bits per heavy atom. The Labute approximate surface area is 182 Å². The van der Waals surface area contributed by atoms with Gasteiger partial charge in [0.2, 0.25) is 0 Å². The summed E-state index contributed by atoms with van der Waals surface area (Å²) in [5.74, 6) is -0.928. The highest BCUT2D eigenvalue weighted by molar-refractivity contribution is 5.87. The Kier molecular flexibility index (Phi) is 11.3. The lowest BCUT2D eigenvalue weighted by atomic mass is 10.1. The molecule has 0 amide bonds. The number of ether oxygens (including phenoxy) is 1. The molecule has 4 N–H and O–H groups in total. The minimum atomic E-state index is -0.885. The van der Waals surface area contributed by atoms with Crippen molar-refractivity contribution in [3.05, 3.63) is 88.9 Å². The van der Waals surface area contributed by atoms with Crippen molar-refractivity contribution in [1.29, 1.82) is 0 Å². The van der Waals surface area contributed by atoms with Crippen LogP contribution in [0.4, 0.5) is 4.39 Å². The first kappa shape index (κ1) is 25.6. The number of aryl methyl sites for hydroxylation is 1. The van der Waals surface area contributed by atoms with Gasteiger partial charge in [-0.15, -0.1) is 0 Å². The zero-order valence-electron chi connectivity index (χ0n) is 18.0. The first-order chi connectivity index (χ1) is 14.9. The summed E-state index contributed by atoms with van der Waals surface area (Å²) in [6.45, 7) is 4.21. The number of nitrogens with one attached hydrogen (secondary N) is 1. The van der Waals surface area contributed by atoms with Gasteiger partial charge in [-0.25, -0.2) is 9.18 Å². The van der Waals surface area contributed by atoms with Crippen molar-refractivity contribution in [2.24, 2.45) is 5.73 Å². The standard InChI is InChI=1S/C14H16FNO2.C10H13NO2/c1-2-11-5-6-14(12(8-11)10-17)18-7-3-4-13(15)9-16;1-7(11-2)8-3-5-9(6-4-8)10(12)13/h3-6,8-10H,2,7,16H2,1H3;3-7,11H,1-2H3,(H,12,13)/b4-3-,13-9+;. The highest BCUT2D eigenvalue weighted by Gasteiger charge is 2.05. The van der Waals surface area contributed by atoms with Crippen LogP contribution < -0.4 is 15.8 Å². The number of aldehydes is 1. The van der Waals surface area contributed by atoms with Crippen LogP contribution in [0.1, 0.15) is 51.7 Å². The molecule has 2 rings (SSSR count). The molecule has 1 atom stereocenters. The van der Waals surface area contributed by atoms with Crippen molar-refractivity contribution >= 4 is 12.3 Å². The number of carboxylic acids is 1. The smallest absolute Gasteiger partial charge is 0.335 e. The first-order valence-electron chi connectivity index (χ1n) is 9.81. The second kappa shape index (κ2) is 13.7. The Balaban J connectivity index is 0.000000327. The molecule has 2 aromatic carbocycles. The molecule has 0 saturated heterocycles. The number of halogens is 1. The van der Waals surface area contributed by atoms with E-state index in [0.29, 0.717) is 16.9 Å². The zero-order chi connectivity index (χ0) is 23.2. The van der Waals surface area contributed by atoms with Crippen molar-refractivity contribution in [3.63, 3.8) is 0 Å². The van der Waals surface area contributed by atoms with Crippen LogP contribution in [0.2, 0.25) is 0 Å². The average molecular weight is 429 g/mol. The lowest BCUT2D eigenvalue weighted by Gasteiger charge is -2.09. The maximum atomic E-state index is 12.6. The van der Waals surface area contributed by atoms with E-state index in [1.165, 1.54) is 12.2 Å². The highest BCUT2D eigenvalue weighted by Crippen LogP contribution is 2.19. The number of allylic oxidation sites excluding steroid dienone is 2. The Bertz CT molecular complexity index is 908. The van der Waals surface area contributed by atoms with E-state index in [9.17, 15) is 14.0 Å². The summed E-state index contributed by atoms with van der Waals surface area (Å²) in [6, 6.07) is 12.6. The van der Waals surface area contributed by atoms with Crippen molar-refractivity contribution < 1.29 is 23.8 Å². The van der Waals surface area contributed by atoms with Crippen LogP contribution in [-0.4, -0.2) is 31.0 Å². The molecule has 0 saturated carbocycles. The van der Waals surface area contributed by atoms with E-state index in [4.69, 9.17) is 15.6 Å². The lowest BCUT2D eigenvalue weighted by molar-refractivity contribution is 0.0696. The monoisotopic (exact) mass is 428 g/mol. The fourth-order valence-electron chi connectivity index (χ4n) is 2.48. The van der Waals surface area contributed by atoms with Crippen LogP contribution in [0, 0.1) is 0 Å². The minimum Gasteiger partial charge on any atom is -0.489 e. The van der Waals surface area contributed by atoms with Crippen molar-refractivity contribution in [3.8, 4) is 5.75 Å². The number of aromatic carboxylic acids is 1. The maximum Gasteiger partial charge on any atom is 0.335 e. The molecular weight excluding hydrogens is 399 g/mol. The van der Waals surface area contributed by atoms with Gasteiger partial charge in [0, 0.05) is 12.2 Å². The molecule has 7 heteroatoms. The number of benzene rings is 2. The van der Waals surface area contributed by atoms with Crippen LogP contribution in [0.25, 0.3) is 0 Å². The normalized spacial score (nSPS) is 12.1. The second-order valence-electron chi connectivity index (χ2n) is 6.55. The Morgan fingerprint density at radius 1 is 1.26 bits per heavy atom. The third kappa shape index (κ3) is 8.84. The second-order valence-corrected chi connectivity index (χ2v) is 6.55. The molecule has 0 aliphatic carbocycles. The summed E-state index contributed by atoms with van der Waals surface area (Å²) in [5, 5.41) is 11.7. The third-order valence-corrected chi connectivity index (χ3v) is 4.47. The van der Waals surface area contributed by atoms with Gasteiger partial charge in [0.25, 0.3) is 0 Å². The van der Waals surface area contributed by atoms with Gasteiger partial charge in [-0.05, 0) is 67.9 Å². The van der Waals surface area contributed by atoms with E-state index < -0.39 is 11.8 Å². The zero-order valence-corrected chi connectivity index (χ0v) is 18.0. The summed E-state index contributed by atoms with van der Waals surface area (Å²) < 4.78 is 18.0. The molecule has 0 aliphatic heterocycles. The number of carbonyl (C=O) groups excluding carboxylic acids is 1. The van der Waals surface area contributed by atoms with E-state index in [1.54, 1.807) is 24.3 Å². The molecule has 1 unspecified atom stereocenters. The van der Waals surface area contributed by atoms with Crippen molar-refractivity contribution in [2.45, 2.75) is 26.3 Å². The molecule has 0 bridgehead atoms. The van der Waals surface area contributed by atoms with Gasteiger partial charge in [-0.1, -0.05) is 25.1 Å². The Hall–Kier alpha value is -3.45. The van der Waals surface area contributed by atoms with Crippen molar-refractivity contribution in [1.82, 2.24) is 5.32 Å². The number of nitrogens with two attached hydrogens (primary N) is 1. The van der Waals surface area contributed by atoms with Gasteiger partial charge < -0.3 is 20.9 Å². The lowest BCUT2D eigenvalue weighted by Crippen LogP contribution is -2.12. The van der Waals surface area contributed by atoms with Crippen LogP contribution in [-0.2, 0) is 6.42 Å². The molecule has 166 valence electrons. The molecule has 0 aromatic heterocycles. The number of hydrogen-bond donors (Lipinski definition) is 3. The van der Waals surface area contributed by atoms with Gasteiger partial charge >= 0.3 is 5.97 Å². The van der Waals surface area contributed by atoms with Gasteiger partial charge in [0.15, 0.2) is 6.29 Å². The van der Waals surface area contributed by atoms with Crippen molar-refractivity contribution in [2.75, 3.05) is 13.7 Å². The van der Waals surface area contributed by atoms with Gasteiger partial charge in [0.1, 0.15) is 18.2 Å². The summed E-state index contributed by atoms with van der Waals surface area (Å²) >= 11 is 0. The van der Waals surface area contributed by atoms with E-state index >= 15 is 0 Å². The SMILES string of the molecule is CCc1ccc(OC/C=C\C(F)=C/N)c(C=O)c1.CNC(C)c1ccc(C(=O)O)cc1. The van der Waals surface area contributed by atoms with E-state index in [-0.39, 0.29) is 12.6 Å².